The predicted molar refractivity (Wildman–Crippen MR) is 142 cm³/mol. The van der Waals surface area contributed by atoms with Crippen LogP contribution in [0.2, 0.25) is 0 Å². The summed E-state index contributed by atoms with van der Waals surface area (Å²) in [6.45, 7) is 8.29. The number of ether oxygens (including phenoxy) is 2. The molecule has 4 rings (SSSR count). The monoisotopic (exact) mass is 535 g/mol. The van der Waals surface area contributed by atoms with Gasteiger partial charge in [0, 0.05) is 12.0 Å². The molecule has 0 spiro atoms. The molecule has 0 amide bonds. The molecule has 0 aliphatic rings. The minimum Gasteiger partial charge on any atom is -0.428 e. The summed E-state index contributed by atoms with van der Waals surface area (Å²) in [6.07, 6.45) is 2.39. The second kappa shape index (κ2) is 10.6. The van der Waals surface area contributed by atoms with Crippen molar-refractivity contribution in [3.8, 4) is 16.9 Å². The molecule has 182 valence electrons. The number of aryl methyl sites for hydroxylation is 1. The first-order valence-electron chi connectivity index (χ1n) is 11.8. The lowest BCUT2D eigenvalue weighted by Gasteiger charge is -2.19. The molecule has 0 bridgehead atoms. The van der Waals surface area contributed by atoms with E-state index in [9.17, 15) is 4.79 Å². The van der Waals surface area contributed by atoms with E-state index in [1.165, 1.54) is 0 Å². The lowest BCUT2D eigenvalue weighted by Crippen LogP contribution is -2.26. The first-order valence-corrected chi connectivity index (χ1v) is 12.6. The van der Waals surface area contributed by atoms with E-state index >= 15 is 0 Å². The van der Waals surface area contributed by atoms with Crippen LogP contribution in [0.5, 0.6) is 5.75 Å². The van der Waals surface area contributed by atoms with Crippen LogP contribution in [0.4, 0.5) is 4.79 Å². The van der Waals surface area contributed by atoms with Gasteiger partial charge in [-0.05, 0) is 72.4 Å². The summed E-state index contributed by atoms with van der Waals surface area (Å²) in [4.78, 5) is 21.7. The Morgan fingerprint density at radius 2 is 1.74 bits per heavy atom. The van der Waals surface area contributed by atoms with Gasteiger partial charge in [0.1, 0.15) is 27.3 Å². The number of rotatable bonds is 7. The molecule has 0 unspecified atom stereocenters. The molecule has 0 atom stereocenters. The summed E-state index contributed by atoms with van der Waals surface area (Å²) in [7, 11) is 0. The fourth-order valence-corrected chi connectivity index (χ4v) is 4.14. The molecule has 35 heavy (non-hydrogen) atoms. The Morgan fingerprint density at radius 3 is 2.46 bits per heavy atom. The molecule has 6 nitrogen and oxygen atoms in total. The number of aromatic nitrogens is 3. The largest absolute Gasteiger partial charge is 0.514 e. The molecule has 2 aromatic heterocycles. The number of para-hydroxylation sites is 1. The summed E-state index contributed by atoms with van der Waals surface area (Å²) in [5.74, 6) is 1.51. The Kier molecular flexibility index (Phi) is 7.55. The molecule has 0 saturated heterocycles. The number of imidazole rings is 1. The van der Waals surface area contributed by atoms with E-state index in [4.69, 9.17) is 14.5 Å². The third kappa shape index (κ3) is 6.28. The van der Waals surface area contributed by atoms with Gasteiger partial charge in [0.2, 0.25) is 0 Å². The lowest BCUT2D eigenvalue weighted by molar-refractivity contribution is 0.0207. The molecule has 0 aliphatic carbocycles. The minimum atomic E-state index is -0.716. The van der Waals surface area contributed by atoms with Crippen LogP contribution in [0.3, 0.4) is 0 Å². The second-order valence-corrected chi connectivity index (χ2v) is 10.3. The van der Waals surface area contributed by atoms with Crippen molar-refractivity contribution in [2.24, 2.45) is 0 Å². The van der Waals surface area contributed by atoms with Crippen LogP contribution in [0.1, 0.15) is 51.9 Å². The molecular weight excluding hydrogens is 506 g/mol. The van der Waals surface area contributed by atoms with Crippen molar-refractivity contribution in [2.45, 2.75) is 59.1 Å². The number of pyridine rings is 1. The van der Waals surface area contributed by atoms with Crippen molar-refractivity contribution in [3.05, 3.63) is 76.7 Å². The highest BCUT2D eigenvalue weighted by Gasteiger charge is 2.19. The zero-order chi connectivity index (χ0) is 25.0. The van der Waals surface area contributed by atoms with Gasteiger partial charge in [-0.3, -0.25) is 0 Å². The molecule has 0 saturated carbocycles. The first-order chi connectivity index (χ1) is 16.7. The highest BCUT2D eigenvalue weighted by atomic mass is 79.9. The fraction of sp³-hybridized carbons (Fsp3) is 0.321. The van der Waals surface area contributed by atoms with Gasteiger partial charge in [-0.25, -0.2) is 14.8 Å². The normalized spacial score (nSPS) is 11.6. The number of halogens is 1. The summed E-state index contributed by atoms with van der Waals surface area (Å²) >= 11 is 3.49. The van der Waals surface area contributed by atoms with E-state index in [2.05, 4.69) is 44.5 Å². The molecule has 2 heterocycles. The van der Waals surface area contributed by atoms with Crippen molar-refractivity contribution in [2.75, 3.05) is 0 Å². The van der Waals surface area contributed by atoms with E-state index in [1.54, 1.807) is 6.07 Å². The van der Waals surface area contributed by atoms with Gasteiger partial charge >= 0.3 is 6.16 Å². The van der Waals surface area contributed by atoms with Gasteiger partial charge in [0.05, 0.1) is 6.54 Å². The quantitative estimate of drug-likeness (QED) is 0.139. The molecule has 2 aromatic carbocycles. The first kappa shape index (κ1) is 24.9. The molecule has 0 aliphatic heterocycles. The number of unbranched alkanes of at least 4 members (excludes halogenated alkanes) is 1. The molecule has 4 aromatic rings. The Bertz CT molecular complexity index is 1320. The van der Waals surface area contributed by atoms with Gasteiger partial charge in [0.15, 0.2) is 5.65 Å². The third-order valence-corrected chi connectivity index (χ3v) is 5.91. The van der Waals surface area contributed by atoms with Crippen LogP contribution in [0.15, 0.2) is 65.3 Å². The van der Waals surface area contributed by atoms with Crippen LogP contribution in [-0.2, 0) is 17.7 Å². The average Bonchev–Trinajstić information content (AvgIpc) is 3.14. The van der Waals surface area contributed by atoms with Crippen LogP contribution < -0.4 is 4.74 Å². The van der Waals surface area contributed by atoms with Crippen molar-refractivity contribution < 1.29 is 14.3 Å². The Morgan fingerprint density at radius 1 is 1.00 bits per heavy atom. The number of fused-ring (bicyclic) bond motifs is 1. The van der Waals surface area contributed by atoms with Crippen molar-refractivity contribution in [1.29, 1.82) is 0 Å². The Balaban J connectivity index is 1.59. The molecular formula is C28H30BrN3O3. The summed E-state index contributed by atoms with van der Waals surface area (Å²) in [6, 6.07) is 19.7. The van der Waals surface area contributed by atoms with E-state index < -0.39 is 11.8 Å². The van der Waals surface area contributed by atoms with Crippen LogP contribution in [0.25, 0.3) is 22.3 Å². The van der Waals surface area contributed by atoms with Gasteiger partial charge < -0.3 is 14.0 Å². The smallest absolute Gasteiger partial charge is 0.428 e. The van der Waals surface area contributed by atoms with E-state index in [0.717, 1.165) is 57.5 Å². The van der Waals surface area contributed by atoms with Crippen molar-refractivity contribution in [1.82, 2.24) is 14.5 Å². The fourth-order valence-electron chi connectivity index (χ4n) is 3.84. The maximum Gasteiger partial charge on any atom is 0.514 e. The average molecular weight is 536 g/mol. The highest BCUT2D eigenvalue weighted by molar-refractivity contribution is 9.10. The number of carbonyl (C=O) groups excluding carboxylic acids is 1. The lowest BCUT2D eigenvalue weighted by atomic mass is 10.0. The number of hydrogen-bond donors (Lipinski definition) is 0. The van der Waals surface area contributed by atoms with Crippen LogP contribution >= 0.6 is 15.9 Å². The zero-order valence-corrected chi connectivity index (χ0v) is 22.1. The van der Waals surface area contributed by atoms with Crippen LogP contribution in [-0.4, -0.2) is 26.3 Å². The minimum absolute atomic E-state index is 0.464. The molecule has 0 fully saturated rings. The number of nitrogens with zero attached hydrogens (tertiary/aromatic N) is 3. The predicted octanol–water partition coefficient (Wildman–Crippen LogP) is 7.57. The van der Waals surface area contributed by atoms with E-state index in [1.807, 2.05) is 63.2 Å². The van der Waals surface area contributed by atoms with Crippen molar-refractivity contribution in [3.63, 3.8) is 0 Å². The summed E-state index contributed by atoms with van der Waals surface area (Å²) < 4.78 is 13.8. The summed E-state index contributed by atoms with van der Waals surface area (Å²) in [5, 5.41) is 0. The molecule has 0 radical (unpaired) electrons. The van der Waals surface area contributed by atoms with E-state index in [-0.39, 0.29) is 0 Å². The summed E-state index contributed by atoms with van der Waals surface area (Å²) in [5.41, 5.74) is 4.08. The Hall–Kier alpha value is -3.19. The number of carbonyl (C=O) groups is 1. The second-order valence-electron chi connectivity index (χ2n) is 9.45. The maximum absolute atomic E-state index is 12.2. The van der Waals surface area contributed by atoms with Gasteiger partial charge in [-0.1, -0.05) is 55.8 Å². The highest BCUT2D eigenvalue weighted by Crippen LogP contribution is 2.31. The third-order valence-electron chi connectivity index (χ3n) is 5.47. The van der Waals surface area contributed by atoms with Crippen molar-refractivity contribution >= 4 is 33.2 Å². The molecule has 0 N–H and O–H groups in total. The number of benzene rings is 2. The topological polar surface area (TPSA) is 66.2 Å². The Labute approximate surface area is 214 Å². The standard InChI is InChI=1S/C28H30BrN3O3/c1-5-6-11-25-30-22-16-17-24(29)31-26(22)32(25)18-19-12-14-20(15-13-19)21-9-7-8-10-23(21)34-27(33)35-28(2,3)4/h7-10,12-17H,5-6,11,18H2,1-4H3. The maximum atomic E-state index is 12.2. The number of hydrogen-bond acceptors (Lipinski definition) is 5. The van der Waals surface area contributed by atoms with Gasteiger partial charge in [-0.15, -0.1) is 0 Å². The van der Waals surface area contributed by atoms with E-state index in [0.29, 0.717) is 12.3 Å². The SMILES string of the molecule is CCCCc1nc2ccc(Br)nc2n1Cc1ccc(-c2ccccc2OC(=O)OC(C)(C)C)cc1. The van der Waals surface area contributed by atoms with Crippen LogP contribution in [0, 0.1) is 0 Å². The van der Waals surface area contributed by atoms with Gasteiger partial charge in [-0.2, -0.15) is 0 Å². The molecule has 7 heteroatoms. The zero-order valence-electron chi connectivity index (χ0n) is 20.5. The van der Waals surface area contributed by atoms with Gasteiger partial charge in [0.25, 0.3) is 0 Å².